The number of nitrogens with one attached hydrogen (secondary N) is 1. The van der Waals surface area contributed by atoms with Gasteiger partial charge in [-0.1, -0.05) is 29.8 Å². The molecule has 9 heteroatoms. The zero-order chi connectivity index (χ0) is 22.9. The van der Waals surface area contributed by atoms with Gasteiger partial charge in [0.25, 0.3) is 10.0 Å². The highest BCUT2D eigenvalue weighted by atomic mass is 35.5. The number of hydrogen-bond donors (Lipinski definition) is 1. The van der Waals surface area contributed by atoms with Gasteiger partial charge in [-0.25, -0.2) is 13.2 Å². The number of aromatic nitrogens is 1. The average Bonchev–Trinajstić information content (AvgIpc) is 3.10. The first kappa shape index (κ1) is 22.0. The van der Waals surface area contributed by atoms with E-state index in [1.54, 1.807) is 6.07 Å². The smallest absolute Gasteiger partial charge is 0.343 e. The SMILES string of the molecule is CCn1c2ccccc2c2cc(NS(=O)(=O)c3ccc(OCC(=O)OC)c(Cl)c3)ccc21. The standard InChI is InChI=1S/C23H21ClN2O5S/c1-3-26-20-7-5-4-6-17(20)18-12-15(8-10-21(18)26)25-32(28,29)16-9-11-22(19(24)13-16)31-14-23(27)30-2/h4-13,25H,3,14H2,1-2H3. The van der Waals surface area contributed by atoms with Gasteiger partial charge in [0.05, 0.1) is 17.0 Å². The number of aryl methyl sites for hydroxylation is 1. The summed E-state index contributed by atoms with van der Waals surface area (Å²) in [5.41, 5.74) is 2.57. The second-order valence-corrected chi connectivity index (χ2v) is 9.15. The van der Waals surface area contributed by atoms with E-state index in [1.807, 2.05) is 30.3 Å². The maximum absolute atomic E-state index is 12.9. The summed E-state index contributed by atoms with van der Waals surface area (Å²) in [6.07, 6.45) is 0. The number of nitrogens with zero attached hydrogens (tertiary/aromatic N) is 1. The summed E-state index contributed by atoms with van der Waals surface area (Å²) in [6, 6.07) is 17.5. The molecule has 0 saturated heterocycles. The fourth-order valence-corrected chi connectivity index (χ4v) is 5.01. The topological polar surface area (TPSA) is 86.6 Å². The van der Waals surface area contributed by atoms with Crippen LogP contribution >= 0.6 is 11.6 Å². The van der Waals surface area contributed by atoms with Crippen LogP contribution in [-0.2, 0) is 26.1 Å². The van der Waals surface area contributed by atoms with Gasteiger partial charge < -0.3 is 14.0 Å². The second kappa shape index (κ2) is 8.72. The Morgan fingerprint density at radius 2 is 1.78 bits per heavy atom. The summed E-state index contributed by atoms with van der Waals surface area (Å²) in [5.74, 6) is -0.385. The molecule has 32 heavy (non-hydrogen) atoms. The first-order valence-electron chi connectivity index (χ1n) is 9.87. The molecule has 0 aliphatic rings. The fourth-order valence-electron chi connectivity index (χ4n) is 3.63. The van der Waals surface area contributed by atoms with Crippen molar-refractivity contribution >= 4 is 55.1 Å². The van der Waals surface area contributed by atoms with Gasteiger partial charge in [-0.15, -0.1) is 0 Å². The summed E-state index contributed by atoms with van der Waals surface area (Å²) in [5, 5.41) is 2.09. The number of halogens is 1. The molecule has 3 aromatic carbocycles. The number of methoxy groups -OCH3 is 1. The van der Waals surface area contributed by atoms with Gasteiger partial charge in [-0.05, 0) is 49.4 Å². The number of sulfonamides is 1. The lowest BCUT2D eigenvalue weighted by molar-refractivity contribution is -0.142. The largest absolute Gasteiger partial charge is 0.480 e. The third-order valence-corrected chi connectivity index (χ3v) is 6.80. The molecule has 4 rings (SSSR count). The number of esters is 1. The number of rotatable bonds is 7. The number of ether oxygens (including phenoxy) is 2. The molecule has 1 aromatic heterocycles. The minimum atomic E-state index is -3.90. The molecule has 0 aliphatic heterocycles. The Labute approximate surface area is 190 Å². The first-order chi connectivity index (χ1) is 15.3. The highest BCUT2D eigenvalue weighted by molar-refractivity contribution is 7.92. The van der Waals surface area contributed by atoms with Crippen molar-refractivity contribution in [2.24, 2.45) is 0 Å². The molecule has 0 radical (unpaired) electrons. The van der Waals surface area contributed by atoms with Crippen molar-refractivity contribution in [1.29, 1.82) is 0 Å². The molecule has 0 amide bonds. The van der Waals surface area contributed by atoms with Gasteiger partial charge in [0, 0.05) is 34.0 Å². The fraction of sp³-hybridized carbons (Fsp3) is 0.174. The second-order valence-electron chi connectivity index (χ2n) is 7.06. The van der Waals surface area contributed by atoms with Gasteiger partial charge in [0.15, 0.2) is 6.61 Å². The summed E-state index contributed by atoms with van der Waals surface area (Å²) in [7, 11) is -2.66. The van der Waals surface area contributed by atoms with E-state index < -0.39 is 16.0 Å². The Morgan fingerprint density at radius 1 is 1.03 bits per heavy atom. The summed E-state index contributed by atoms with van der Waals surface area (Å²) >= 11 is 6.16. The van der Waals surface area contributed by atoms with E-state index in [1.165, 1.54) is 25.3 Å². The van der Waals surface area contributed by atoms with Crippen LogP contribution in [0.15, 0.2) is 65.6 Å². The van der Waals surface area contributed by atoms with Crippen molar-refractivity contribution < 1.29 is 22.7 Å². The van der Waals surface area contributed by atoms with Crippen LogP contribution in [0.4, 0.5) is 5.69 Å². The normalized spacial score (nSPS) is 11.6. The van der Waals surface area contributed by atoms with E-state index in [4.69, 9.17) is 16.3 Å². The lowest BCUT2D eigenvalue weighted by Gasteiger charge is -2.11. The van der Waals surface area contributed by atoms with Crippen LogP contribution < -0.4 is 9.46 Å². The van der Waals surface area contributed by atoms with Crippen molar-refractivity contribution in [3.05, 3.63) is 65.7 Å². The van der Waals surface area contributed by atoms with Crippen molar-refractivity contribution in [3.8, 4) is 5.75 Å². The molecule has 1 heterocycles. The van der Waals surface area contributed by atoms with E-state index >= 15 is 0 Å². The minimum Gasteiger partial charge on any atom is -0.480 e. The van der Waals surface area contributed by atoms with Gasteiger partial charge in [-0.2, -0.15) is 0 Å². The number of hydrogen-bond acceptors (Lipinski definition) is 5. The molecule has 0 unspecified atom stereocenters. The van der Waals surface area contributed by atoms with E-state index in [0.717, 1.165) is 28.4 Å². The lowest BCUT2D eigenvalue weighted by atomic mass is 10.1. The Balaban J connectivity index is 1.64. The van der Waals surface area contributed by atoms with Crippen molar-refractivity contribution in [1.82, 2.24) is 4.57 Å². The molecule has 166 valence electrons. The molecule has 0 aliphatic carbocycles. The van der Waals surface area contributed by atoms with Crippen LogP contribution in [0.1, 0.15) is 6.92 Å². The summed E-state index contributed by atoms with van der Waals surface area (Å²) in [6.45, 7) is 2.55. The average molecular weight is 473 g/mol. The number of para-hydroxylation sites is 1. The number of fused-ring (bicyclic) bond motifs is 3. The van der Waals surface area contributed by atoms with Crippen LogP contribution in [0, 0.1) is 0 Å². The minimum absolute atomic E-state index is 0.0241. The molecular weight excluding hydrogens is 452 g/mol. The predicted molar refractivity (Wildman–Crippen MR) is 125 cm³/mol. The molecule has 7 nitrogen and oxygen atoms in total. The van der Waals surface area contributed by atoms with Crippen LogP contribution in [0.25, 0.3) is 21.8 Å². The number of anilines is 1. The van der Waals surface area contributed by atoms with Crippen molar-refractivity contribution in [2.45, 2.75) is 18.4 Å². The van der Waals surface area contributed by atoms with E-state index in [-0.39, 0.29) is 22.3 Å². The molecule has 0 saturated carbocycles. The third kappa shape index (κ3) is 4.11. The number of carbonyl (C=O) groups is 1. The molecular formula is C23H21ClN2O5S. The molecule has 0 spiro atoms. The van der Waals surface area contributed by atoms with Gasteiger partial charge in [0.2, 0.25) is 0 Å². The highest BCUT2D eigenvalue weighted by Gasteiger charge is 2.18. The van der Waals surface area contributed by atoms with E-state index in [2.05, 4.69) is 27.0 Å². The lowest BCUT2D eigenvalue weighted by Crippen LogP contribution is -2.14. The van der Waals surface area contributed by atoms with Crippen LogP contribution in [0.3, 0.4) is 0 Å². The molecule has 1 N–H and O–H groups in total. The molecule has 0 bridgehead atoms. The van der Waals surface area contributed by atoms with Gasteiger partial charge in [0.1, 0.15) is 5.75 Å². The van der Waals surface area contributed by atoms with E-state index in [9.17, 15) is 13.2 Å². The Hall–Kier alpha value is -3.23. The monoisotopic (exact) mass is 472 g/mol. The third-order valence-electron chi connectivity index (χ3n) is 5.13. The molecule has 0 fully saturated rings. The van der Waals surface area contributed by atoms with E-state index in [0.29, 0.717) is 5.69 Å². The quantitative estimate of drug-likeness (QED) is 0.390. The van der Waals surface area contributed by atoms with Gasteiger partial charge in [-0.3, -0.25) is 4.72 Å². The number of benzene rings is 3. The Morgan fingerprint density at radius 3 is 2.50 bits per heavy atom. The van der Waals surface area contributed by atoms with Crippen LogP contribution in [0.2, 0.25) is 5.02 Å². The maximum atomic E-state index is 12.9. The van der Waals surface area contributed by atoms with Crippen LogP contribution in [0.5, 0.6) is 5.75 Å². The van der Waals surface area contributed by atoms with Crippen molar-refractivity contribution in [3.63, 3.8) is 0 Å². The predicted octanol–water partition coefficient (Wildman–Crippen LogP) is 4.82. The zero-order valence-corrected chi connectivity index (χ0v) is 19.0. The van der Waals surface area contributed by atoms with Crippen molar-refractivity contribution in [2.75, 3.05) is 18.4 Å². The molecule has 0 atom stereocenters. The summed E-state index contributed by atoms with van der Waals surface area (Å²) in [4.78, 5) is 11.2. The summed E-state index contributed by atoms with van der Waals surface area (Å²) < 4.78 is 40.5. The zero-order valence-electron chi connectivity index (χ0n) is 17.5. The Kier molecular flexibility index (Phi) is 5.99. The Bertz CT molecular complexity index is 1430. The first-order valence-corrected chi connectivity index (χ1v) is 11.7. The van der Waals surface area contributed by atoms with Gasteiger partial charge >= 0.3 is 5.97 Å². The number of carbonyl (C=O) groups excluding carboxylic acids is 1. The molecule has 4 aromatic rings. The highest BCUT2D eigenvalue weighted by Crippen LogP contribution is 2.32. The maximum Gasteiger partial charge on any atom is 0.343 e. The van der Waals surface area contributed by atoms with Crippen LogP contribution in [-0.4, -0.2) is 32.7 Å².